The van der Waals surface area contributed by atoms with Crippen LogP contribution in [0.1, 0.15) is 43.0 Å². The van der Waals surface area contributed by atoms with Gasteiger partial charge in [-0.3, -0.25) is 9.59 Å². The van der Waals surface area contributed by atoms with E-state index in [-0.39, 0.29) is 17.4 Å². The number of nitrogens with zero attached hydrogens (tertiary/aromatic N) is 1. The summed E-state index contributed by atoms with van der Waals surface area (Å²) in [6.45, 7) is 6.74. The van der Waals surface area contributed by atoms with E-state index >= 15 is 0 Å². The first-order valence-electron chi connectivity index (χ1n) is 9.92. The van der Waals surface area contributed by atoms with Gasteiger partial charge < -0.3 is 14.7 Å². The van der Waals surface area contributed by atoms with Gasteiger partial charge >= 0.3 is 0 Å². The Hall–Kier alpha value is -2.92. The summed E-state index contributed by atoms with van der Waals surface area (Å²) in [5.41, 5.74) is 2.50. The molecule has 1 fully saturated rings. The number of benzene rings is 2. The number of carbonyl (C=O) groups excluding carboxylic acids is 2. The summed E-state index contributed by atoms with van der Waals surface area (Å²) in [6, 6.07) is 16.0. The molecule has 1 saturated heterocycles. The largest absolute Gasteiger partial charge is 0.507 e. The molecule has 1 amide bonds. The van der Waals surface area contributed by atoms with Crippen LogP contribution in [0, 0.1) is 6.92 Å². The Morgan fingerprint density at radius 1 is 1.07 bits per heavy atom. The lowest BCUT2D eigenvalue weighted by Crippen LogP contribution is -2.31. The zero-order chi connectivity index (χ0) is 21.0. The van der Waals surface area contributed by atoms with E-state index in [1.165, 1.54) is 0 Å². The smallest absolute Gasteiger partial charge is 0.295 e. The second-order valence-electron chi connectivity index (χ2n) is 7.54. The van der Waals surface area contributed by atoms with Crippen molar-refractivity contribution < 1.29 is 19.4 Å². The highest BCUT2D eigenvalue weighted by Gasteiger charge is 2.45. The highest BCUT2D eigenvalue weighted by molar-refractivity contribution is 6.46. The van der Waals surface area contributed by atoms with Crippen LogP contribution in [0.15, 0.2) is 60.2 Å². The SMILES string of the molecule is Cc1ccc(C(O)=C2C(=O)C(=O)N(CCCOC(C)C)[C@H]2c2ccccc2)cc1. The Morgan fingerprint density at radius 3 is 2.34 bits per heavy atom. The number of likely N-dealkylation sites (tertiary alicyclic amines) is 1. The summed E-state index contributed by atoms with van der Waals surface area (Å²) in [5.74, 6) is -1.38. The molecule has 152 valence electrons. The summed E-state index contributed by atoms with van der Waals surface area (Å²) in [5, 5.41) is 10.9. The molecule has 29 heavy (non-hydrogen) atoms. The molecule has 0 bridgehead atoms. The van der Waals surface area contributed by atoms with E-state index in [0.717, 1.165) is 11.1 Å². The van der Waals surface area contributed by atoms with Crippen molar-refractivity contribution in [1.29, 1.82) is 0 Å². The molecule has 0 spiro atoms. The maximum Gasteiger partial charge on any atom is 0.295 e. The third-order valence-corrected chi connectivity index (χ3v) is 4.97. The van der Waals surface area contributed by atoms with Gasteiger partial charge in [-0.15, -0.1) is 0 Å². The molecule has 1 heterocycles. The number of ketones is 1. The van der Waals surface area contributed by atoms with Gasteiger partial charge in [-0.25, -0.2) is 0 Å². The molecule has 0 aromatic heterocycles. The molecule has 2 aromatic carbocycles. The Morgan fingerprint density at radius 2 is 1.72 bits per heavy atom. The van der Waals surface area contributed by atoms with Gasteiger partial charge in [0.25, 0.3) is 11.7 Å². The lowest BCUT2D eigenvalue weighted by Gasteiger charge is -2.25. The van der Waals surface area contributed by atoms with E-state index in [1.54, 1.807) is 17.0 Å². The van der Waals surface area contributed by atoms with Crippen LogP contribution in [0.3, 0.4) is 0 Å². The minimum atomic E-state index is -0.651. The van der Waals surface area contributed by atoms with E-state index in [9.17, 15) is 14.7 Å². The second-order valence-corrected chi connectivity index (χ2v) is 7.54. The van der Waals surface area contributed by atoms with Gasteiger partial charge in [0.2, 0.25) is 0 Å². The molecule has 1 aliphatic rings. The molecule has 5 heteroatoms. The van der Waals surface area contributed by atoms with E-state index in [0.29, 0.717) is 25.1 Å². The number of amides is 1. The highest BCUT2D eigenvalue weighted by Crippen LogP contribution is 2.39. The van der Waals surface area contributed by atoms with Gasteiger partial charge in [0.15, 0.2) is 0 Å². The highest BCUT2D eigenvalue weighted by atomic mass is 16.5. The van der Waals surface area contributed by atoms with Gasteiger partial charge in [-0.2, -0.15) is 0 Å². The van der Waals surface area contributed by atoms with Crippen molar-refractivity contribution >= 4 is 17.4 Å². The van der Waals surface area contributed by atoms with Crippen LogP contribution in [0.4, 0.5) is 0 Å². The normalized spacial score (nSPS) is 18.6. The van der Waals surface area contributed by atoms with Crippen molar-refractivity contribution in [2.45, 2.75) is 39.3 Å². The summed E-state index contributed by atoms with van der Waals surface area (Å²) in [4.78, 5) is 27.2. The molecule has 1 aliphatic heterocycles. The topological polar surface area (TPSA) is 66.8 Å². The minimum Gasteiger partial charge on any atom is -0.507 e. The van der Waals surface area contributed by atoms with Gasteiger partial charge in [-0.1, -0.05) is 60.2 Å². The fourth-order valence-corrected chi connectivity index (χ4v) is 3.51. The number of hydrogen-bond donors (Lipinski definition) is 1. The average Bonchev–Trinajstić information content (AvgIpc) is 2.96. The molecule has 3 rings (SSSR count). The summed E-state index contributed by atoms with van der Waals surface area (Å²) in [7, 11) is 0. The Kier molecular flexibility index (Phi) is 6.49. The number of aryl methyl sites for hydroxylation is 1. The van der Waals surface area contributed by atoms with Gasteiger partial charge in [-0.05, 0) is 32.8 Å². The molecule has 1 N–H and O–H groups in total. The van der Waals surface area contributed by atoms with Crippen LogP contribution in [-0.2, 0) is 14.3 Å². The lowest BCUT2D eigenvalue weighted by atomic mass is 9.95. The molecule has 0 aliphatic carbocycles. The van der Waals surface area contributed by atoms with Crippen LogP contribution in [0.5, 0.6) is 0 Å². The zero-order valence-electron chi connectivity index (χ0n) is 17.1. The van der Waals surface area contributed by atoms with Crippen molar-refractivity contribution in [2.24, 2.45) is 0 Å². The number of carbonyl (C=O) groups is 2. The fourth-order valence-electron chi connectivity index (χ4n) is 3.51. The van der Waals surface area contributed by atoms with Crippen molar-refractivity contribution in [3.05, 3.63) is 76.9 Å². The number of Topliss-reactive ketones (excluding diaryl/α,β-unsaturated/α-hetero) is 1. The van der Waals surface area contributed by atoms with Gasteiger partial charge in [0.1, 0.15) is 5.76 Å². The minimum absolute atomic E-state index is 0.108. The van der Waals surface area contributed by atoms with Crippen molar-refractivity contribution in [3.63, 3.8) is 0 Å². The van der Waals surface area contributed by atoms with Gasteiger partial charge in [0.05, 0.1) is 17.7 Å². The third-order valence-electron chi connectivity index (χ3n) is 4.97. The second kappa shape index (κ2) is 9.05. The maximum absolute atomic E-state index is 12.9. The molecule has 0 radical (unpaired) electrons. The first-order valence-corrected chi connectivity index (χ1v) is 9.92. The number of aliphatic hydroxyl groups excluding tert-OH is 1. The number of hydrogen-bond acceptors (Lipinski definition) is 4. The van der Waals surface area contributed by atoms with E-state index in [4.69, 9.17) is 4.74 Å². The summed E-state index contributed by atoms with van der Waals surface area (Å²) >= 11 is 0. The van der Waals surface area contributed by atoms with Crippen molar-refractivity contribution in [2.75, 3.05) is 13.2 Å². The number of ether oxygens (including phenoxy) is 1. The molecular formula is C24H27NO4. The average molecular weight is 393 g/mol. The van der Waals surface area contributed by atoms with Crippen LogP contribution in [0.25, 0.3) is 5.76 Å². The predicted molar refractivity (Wildman–Crippen MR) is 112 cm³/mol. The van der Waals surface area contributed by atoms with Crippen LogP contribution in [-0.4, -0.2) is 41.0 Å². The van der Waals surface area contributed by atoms with Crippen molar-refractivity contribution in [3.8, 4) is 0 Å². The quantitative estimate of drug-likeness (QED) is 0.331. The molecule has 2 aromatic rings. The van der Waals surface area contributed by atoms with Crippen LogP contribution >= 0.6 is 0 Å². The molecule has 1 atom stereocenters. The summed E-state index contributed by atoms with van der Waals surface area (Å²) < 4.78 is 5.58. The van der Waals surface area contributed by atoms with E-state index in [1.807, 2.05) is 63.2 Å². The Balaban J connectivity index is 1.99. The maximum atomic E-state index is 12.9. The molecule has 0 saturated carbocycles. The fraction of sp³-hybridized carbons (Fsp3) is 0.333. The third kappa shape index (κ3) is 4.57. The summed E-state index contributed by atoms with van der Waals surface area (Å²) in [6.07, 6.45) is 0.718. The van der Waals surface area contributed by atoms with E-state index < -0.39 is 17.7 Å². The van der Waals surface area contributed by atoms with Crippen molar-refractivity contribution in [1.82, 2.24) is 4.90 Å². The van der Waals surface area contributed by atoms with Crippen LogP contribution < -0.4 is 0 Å². The number of aliphatic hydroxyl groups is 1. The van der Waals surface area contributed by atoms with E-state index in [2.05, 4.69) is 0 Å². The molecular weight excluding hydrogens is 366 g/mol. The predicted octanol–water partition coefficient (Wildman–Crippen LogP) is 4.23. The molecule has 5 nitrogen and oxygen atoms in total. The standard InChI is InChI=1S/C24H27NO4/c1-16(2)29-15-7-14-25-21(18-8-5-4-6-9-18)20(23(27)24(25)28)22(26)19-12-10-17(3)11-13-19/h4-6,8-13,16,21,26H,7,14-15H2,1-3H3/t21-/m0/s1. The Bertz CT molecular complexity index is 900. The number of rotatable bonds is 7. The Labute approximate surface area is 171 Å². The lowest BCUT2D eigenvalue weighted by molar-refractivity contribution is -0.140. The zero-order valence-corrected chi connectivity index (χ0v) is 17.1. The molecule has 0 unspecified atom stereocenters. The first-order chi connectivity index (χ1) is 13.9. The van der Waals surface area contributed by atoms with Crippen LogP contribution in [0.2, 0.25) is 0 Å². The monoisotopic (exact) mass is 393 g/mol. The first kappa shape index (κ1) is 20.8. The van der Waals surface area contributed by atoms with Gasteiger partial charge in [0, 0.05) is 18.7 Å².